The molecule has 0 radical (unpaired) electrons. The molecule has 3 rings (SSSR count). The summed E-state index contributed by atoms with van der Waals surface area (Å²) < 4.78 is 0. The van der Waals surface area contributed by atoms with Crippen molar-refractivity contribution in [1.82, 2.24) is 10.9 Å². The van der Waals surface area contributed by atoms with E-state index in [1.165, 1.54) is 28.7 Å². The topological polar surface area (TPSA) is 36.1 Å². The number of benzene rings is 2. The molecule has 3 N–H and O–H groups in total. The van der Waals surface area contributed by atoms with Crippen LogP contribution in [0.5, 0.6) is 0 Å². The Morgan fingerprint density at radius 1 is 1.08 bits per heavy atom. The van der Waals surface area contributed by atoms with Crippen molar-refractivity contribution in [2.75, 3.05) is 5.32 Å². The number of fused-ring (bicyclic) bond motifs is 1. The van der Waals surface area contributed by atoms with E-state index in [1.807, 2.05) is 0 Å². The minimum atomic E-state index is 0.560. The molecule has 0 heterocycles. The molecule has 2 aromatic carbocycles. The fourth-order valence-electron chi connectivity index (χ4n) is 3.00. The Morgan fingerprint density at radius 2 is 1.92 bits per heavy atom. The third-order valence-corrected chi connectivity index (χ3v) is 4.45. The first-order valence-electron chi connectivity index (χ1n) is 8.32. The predicted octanol–water partition coefficient (Wildman–Crippen LogP) is 4.47. The van der Waals surface area contributed by atoms with Gasteiger partial charge >= 0.3 is 0 Å². The summed E-state index contributed by atoms with van der Waals surface area (Å²) in [4.78, 5) is 0. The average molecular weight is 337 g/mol. The molecule has 124 valence electrons. The van der Waals surface area contributed by atoms with Gasteiger partial charge in [-0.15, -0.1) is 0 Å². The summed E-state index contributed by atoms with van der Waals surface area (Å²) >= 11 is 5.42. The van der Waals surface area contributed by atoms with E-state index in [0.717, 1.165) is 24.2 Å². The van der Waals surface area contributed by atoms with Crippen molar-refractivity contribution in [3.05, 3.63) is 70.8 Å². The third-order valence-electron chi connectivity index (χ3n) is 4.25. The van der Waals surface area contributed by atoms with Crippen LogP contribution >= 0.6 is 12.2 Å². The molecule has 0 aromatic heterocycles. The molecular formula is C20H23N3S. The summed E-state index contributed by atoms with van der Waals surface area (Å²) in [5.41, 5.74) is 13.6. The van der Waals surface area contributed by atoms with E-state index >= 15 is 0 Å². The summed E-state index contributed by atoms with van der Waals surface area (Å²) in [6.07, 6.45) is 5.59. The number of aryl methyl sites for hydroxylation is 3. The maximum atomic E-state index is 5.42. The minimum absolute atomic E-state index is 0.560. The fraction of sp³-hybridized carbons (Fsp3) is 0.250. The van der Waals surface area contributed by atoms with Gasteiger partial charge in [0, 0.05) is 11.3 Å². The van der Waals surface area contributed by atoms with Crippen LogP contribution in [0.25, 0.3) is 5.70 Å². The van der Waals surface area contributed by atoms with Crippen LogP contribution < -0.4 is 16.2 Å². The molecule has 0 fully saturated rings. The molecule has 3 nitrogen and oxygen atoms in total. The van der Waals surface area contributed by atoms with Crippen molar-refractivity contribution in [3.8, 4) is 0 Å². The van der Waals surface area contributed by atoms with Crippen LogP contribution in [0.2, 0.25) is 0 Å². The van der Waals surface area contributed by atoms with Crippen molar-refractivity contribution >= 4 is 28.7 Å². The smallest absolute Gasteiger partial charge is 0.189 e. The number of allylic oxidation sites excluding steroid dienone is 1. The van der Waals surface area contributed by atoms with E-state index in [4.69, 9.17) is 12.2 Å². The Morgan fingerprint density at radius 3 is 2.75 bits per heavy atom. The van der Waals surface area contributed by atoms with E-state index < -0.39 is 0 Å². The summed E-state index contributed by atoms with van der Waals surface area (Å²) in [6.45, 7) is 4.17. The highest BCUT2D eigenvalue weighted by Gasteiger charge is 2.11. The molecule has 1 aliphatic rings. The fourth-order valence-corrected chi connectivity index (χ4v) is 3.16. The molecule has 0 bridgehead atoms. The molecule has 0 atom stereocenters. The van der Waals surface area contributed by atoms with Crippen molar-refractivity contribution in [2.24, 2.45) is 0 Å². The van der Waals surface area contributed by atoms with E-state index in [2.05, 4.69) is 78.6 Å². The number of hydrazine groups is 1. The highest BCUT2D eigenvalue weighted by atomic mass is 32.1. The largest absolute Gasteiger partial charge is 0.331 e. The Kier molecular flexibility index (Phi) is 5.16. The van der Waals surface area contributed by atoms with Gasteiger partial charge in [-0.1, -0.05) is 48.0 Å². The number of nitrogens with one attached hydrogen (secondary N) is 3. The molecule has 4 heteroatoms. The Balaban J connectivity index is 1.65. The second kappa shape index (κ2) is 7.49. The average Bonchev–Trinajstić information content (AvgIpc) is 2.78. The first-order chi connectivity index (χ1) is 11.6. The second-order valence-electron chi connectivity index (χ2n) is 6.19. The lowest BCUT2D eigenvalue weighted by Crippen LogP contribution is -2.39. The maximum absolute atomic E-state index is 5.42. The number of hydrogen-bond acceptors (Lipinski definition) is 2. The van der Waals surface area contributed by atoms with Gasteiger partial charge in [0.25, 0.3) is 0 Å². The number of hydrogen-bond donors (Lipinski definition) is 3. The van der Waals surface area contributed by atoms with Crippen LogP contribution in [0.4, 0.5) is 5.69 Å². The first kappa shape index (κ1) is 16.5. The van der Waals surface area contributed by atoms with Crippen molar-refractivity contribution in [2.45, 2.75) is 33.1 Å². The van der Waals surface area contributed by atoms with E-state index in [9.17, 15) is 0 Å². The molecule has 1 aliphatic carbocycles. The van der Waals surface area contributed by atoms with Crippen molar-refractivity contribution < 1.29 is 0 Å². The van der Waals surface area contributed by atoms with Crippen molar-refractivity contribution in [1.29, 1.82) is 0 Å². The zero-order chi connectivity index (χ0) is 16.9. The molecule has 24 heavy (non-hydrogen) atoms. The van der Waals surface area contributed by atoms with Gasteiger partial charge in [-0.2, -0.15) is 0 Å². The monoisotopic (exact) mass is 337 g/mol. The Hall–Kier alpha value is -2.33. The Bertz CT molecular complexity index is 780. The minimum Gasteiger partial charge on any atom is -0.331 e. The lowest BCUT2D eigenvalue weighted by atomic mass is 10.0. The van der Waals surface area contributed by atoms with E-state index in [-0.39, 0.29) is 0 Å². The lowest BCUT2D eigenvalue weighted by Gasteiger charge is -2.17. The molecule has 0 aliphatic heterocycles. The van der Waals surface area contributed by atoms with Crippen LogP contribution in [-0.2, 0) is 6.42 Å². The number of rotatable bonds is 3. The summed E-state index contributed by atoms with van der Waals surface area (Å²) in [6, 6.07) is 14.8. The number of anilines is 1. The van der Waals surface area contributed by atoms with Gasteiger partial charge in [-0.25, -0.2) is 0 Å². The van der Waals surface area contributed by atoms with Crippen LogP contribution in [0, 0.1) is 13.8 Å². The first-order valence-corrected chi connectivity index (χ1v) is 8.73. The van der Waals surface area contributed by atoms with Crippen LogP contribution in [0.15, 0.2) is 48.5 Å². The van der Waals surface area contributed by atoms with Gasteiger partial charge in [0.15, 0.2) is 5.11 Å². The van der Waals surface area contributed by atoms with E-state index in [1.54, 1.807) is 0 Å². The normalized spacial score (nSPS) is 13.3. The maximum Gasteiger partial charge on any atom is 0.189 e. The van der Waals surface area contributed by atoms with Crippen LogP contribution in [-0.4, -0.2) is 5.11 Å². The SMILES string of the molecule is Cc1ccc(NC(=S)NNC2=CCCCc3ccccc32)c(C)c1. The van der Waals surface area contributed by atoms with Crippen molar-refractivity contribution in [3.63, 3.8) is 0 Å². The third kappa shape index (κ3) is 3.95. The van der Waals surface area contributed by atoms with Gasteiger partial charge in [-0.3, -0.25) is 10.9 Å². The predicted molar refractivity (Wildman–Crippen MR) is 106 cm³/mol. The molecular weight excluding hydrogens is 314 g/mol. The zero-order valence-corrected chi connectivity index (χ0v) is 15.0. The number of thiocarbonyl (C=S) groups is 1. The highest BCUT2D eigenvalue weighted by molar-refractivity contribution is 7.80. The quantitative estimate of drug-likeness (QED) is 0.570. The van der Waals surface area contributed by atoms with Gasteiger partial charge in [-0.05, 0) is 62.5 Å². The zero-order valence-electron chi connectivity index (χ0n) is 14.1. The van der Waals surface area contributed by atoms with Gasteiger partial charge in [0.2, 0.25) is 0 Å². The lowest BCUT2D eigenvalue weighted by molar-refractivity contribution is 0.839. The standard InChI is InChI=1S/C20H23N3S/c1-14-11-12-18(15(2)13-14)21-20(24)23-22-19-10-6-4-8-16-7-3-5-9-17(16)19/h3,5,7,9-13,22H,4,6,8H2,1-2H3,(H2,21,23,24). The molecule has 0 saturated heterocycles. The van der Waals surface area contributed by atoms with Gasteiger partial charge in [0.05, 0.1) is 5.70 Å². The molecule has 0 saturated carbocycles. The van der Waals surface area contributed by atoms with Crippen LogP contribution in [0.3, 0.4) is 0 Å². The molecule has 2 aromatic rings. The van der Waals surface area contributed by atoms with E-state index in [0.29, 0.717) is 5.11 Å². The Labute approximate surface area is 149 Å². The highest BCUT2D eigenvalue weighted by Crippen LogP contribution is 2.23. The van der Waals surface area contributed by atoms with Crippen LogP contribution in [0.1, 0.15) is 35.1 Å². The summed E-state index contributed by atoms with van der Waals surface area (Å²) in [7, 11) is 0. The molecule has 0 amide bonds. The van der Waals surface area contributed by atoms with Gasteiger partial charge < -0.3 is 5.32 Å². The second-order valence-corrected chi connectivity index (χ2v) is 6.60. The summed E-state index contributed by atoms with van der Waals surface area (Å²) in [5, 5.41) is 3.81. The van der Waals surface area contributed by atoms with Gasteiger partial charge in [0.1, 0.15) is 0 Å². The molecule has 0 spiro atoms. The summed E-state index contributed by atoms with van der Waals surface area (Å²) in [5.74, 6) is 0. The molecule has 0 unspecified atom stereocenters.